The van der Waals surface area contributed by atoms with Gasteiger partial charge in [0.05, 0.1) is 7.11 Å². The summed E-state index contributed by atoms with van der Waals surface area (Å²) >= 11 is 9.04. The molecule has 108 valence electrons. The summed E-state index contributed by atoms with van der Waals surface area (Å²) in [6.07, 6.45) is 2.98. The first kappa shape index (κ1) is 15.5. The van der Waals surface area contributed by atoms with Gasteiger partial charge in [-0.25, -0.2) is 4.98 Å². The van der Waals surface area contributed by atoms with Crippen LogP contribution in [0.5, 0.6) is 11.6 Å². The van der Waals surface area contributed by atoms with Crippen molar-refractivity contribution in [2.24, 2.45) is 0 Å². The Morgan fingerprint density at radius 2 is 2.05 bits per heavy atom. The van der Waals surface area contributed by atoms with Crippen LogP contribution in [0.2, 0.25) is 5.15 Å². The Bertz CT molecular complexity index is 699. The molecular weight excluding hydrogens is 358 g/mol. The van der Waals surface area contributed by atoms with Gasteiger partial charge in [-0.1, -0.05) is 45.7 Å². The molecule has 0 saturated carbocycles. The van der Waals surface area contributed by atoms with Crippen molar-refractivity contribution in [1.82, 2.24) is 4.98 Å². The summed E-state index contributed by atoms with van der Waals surface area (Å²) in [6.45, 7) is 0. The summed E-state index contributed by atoms with van der Waals surface area (Å²) in [7, 11) is 1.35. The number of benzene rings is 1. The fraction of sp³-hybridized carbons (Fsp3) is 0.0667. The molecule has 0 radical (unpaired) electrons. The van der Waals surface area contributed by atoms with Gasteiger partial charge < -0.3 is 9.84 Å². The Hall–Kier alpha value is -1.85. The monoisotopic (exact) mass is 367 g/mol. The summed E-state index contributed by atoms with van der Waals surface area (Å²) in [5.74, 6) is -0.695. The Kier molecular flexibility index (Phi) is 4.98. The van der Waals surface area contributed by atoms with Gasteiger partial charge in [-0.05, 0) is 23.8 Å². The molecule has 0 spiro atoms. The van der Waals surface area contributed by atoms with Crippen LogP contribution in [-0.4, -0.2) is 23.0 Å². The molecule has 0 unspecified atom stereocenters. The lowest BCUT2D eigenvalue weighted by Gasteiger charge is -2.07. The summed E-state index contributed by atoms with van der Waals surface area (Å²) in [5, 5.41) is 9.90. The van der Waals surface area contributed by atoms with Crippen molar-refractivity contribution in [3.63, 3.8) is 0 Å². The molecule has 0 aliphatic rings. The number of ether oxygens (including phenoxy) is 1. The lowest BCUT2D eigenvalue weighted by Crippen LogP contribution is -2.02. The van der Waals surface area contributed by atoms with Crippen molar-refractivity contribution in [3.8, 4) is 11.6 Å². The van der Waals surface area contributed by atoms with Crippen LogP contribution in [0.25, 0.3) is 6.08 Å². The van der Waals surface area contributed by atoms with Crippen LogP contribution in [0.1, 0.15) is 15.9 Å². The number of allylic oxidation sites excluding steroid dienone is 1. The number of hydrogen-bond donors (Lipinski definition) is 1. The highest BCUT2D eigenvalue weighted by molar-refractivity contribution is 9.10. The van der Waals surface area contributed by atoms with Gasteiger partial charge in [-0.3, -0.25) is 4.79 Å². The first-order chi connectivity index (χ1) is 10.0. The molecule has 0 atom stereocenters. The number of ketones is 1. The molecule has 1 aromatic carbocycles. The zero-order chi connectivity index (χ0) is 15.4. The topological polar surface area (TPSA) is 59.4 Å². The second-order valence-corrected chi connectivity index (χ2v) is 5.40. The van der Waals surface area contributed by atoms with Gasteiger partial charge in [-0.2, -0.15) is 0 Å². The second kappa shape index (κ2) is 6.74. The first-order valence-corrected chi connectivity index (χ1v) is 7.10. The molecule has 4 nitrogen and oxygen atoms in total. The maximum Gasteiger partial charge on any atom is 0.229 e. The van der Waals surface area contributed by atoms with E-state index in [1.807, 2.05) is 24.3 Å². The van der Waals surface area contributed by atoms with Crippen LogP contribution in [-0.2, 0) is 0 Å². The third-order valence-electron chi connectivity index (χ3n) is 2.67. The number of carbonyl (C=O) groups excluding carboxylic acids is 1. The third-order valence-corrected chi connectivity index (χ3v) is 3.39. The van der Waals surface area contributed by atoms with Gasteiger partial charge in [0.25, 0.3) is 0 Å². The number of rotatable bonds is 4. The fourth-order valence-electron chi connectivity index (χ4n) is 1.69. The van der Waals surface area contributed by atoms with E-state index in [1.54, 1.807) is 6.08 Å². The molecule has 1 N–H and O–H groups in total. The molecule has 0 amide bonds. The van der Waals surface area contributed by atoms with E-state index in [-0.39, 0.29) is 22.3 Å². The molecule has 2 aromatic rings. The minimum absolute atomic E-state index is 0.00884. The Morgan fingerprint density at radius 1 is 1.38 bits per heavy atom. The Morgan fingerprint density at radius 3 is 2.67 bits per heavy atom. The van der Waals surface area contributed by atoms with Crippen LogP contribution in [0.3, 0.4) is 0 Å². The van der Waals surface area contributed by atoms with E-state index in [0.717, 1.165) is 10.0 Å². The van der Waals surface area contributed by atoms with E-state index < -0.39 is 5.78 Å². The minimum atomic E-state index is -0.420. The van der Waals surface area contributed by atoms with Crippen molar-refractivity contribution in [2.45, 2.75) is 0 Å². The van der Waals surface area contributed by atoms with Crippen molar-refractivity contribution < 1.29 is 14.6 Å². The average molecular weight is 369 g/mol. The Labute approximate surface area is 135 Å². The molecule has 0 aliphatic carbocycles. The lowest BCUT2D eigenvalue weighted by molar-refractivity contribution is 0.104. The summed E-state index contributed by atoms with van der Waals surface area (Å²) in [4.78, 5) is 16.0. The van der Waals surface area contributed by atoms with Crippen LogP contribution in [0.15, 0.2) is 40.9 Å². The van der Waals surface area contributed by atoms with Gasteiger partial charge in [0.1, 0.15) is 16.5 Å². The molecule has 6 heteroatoms. The molecule has 0 saturated heterocycles. The maximum absolute atomic E-state index is 12.2. The number of nitrogens with zero attached hydrogens (tertiary/aromatic N) is 1. The molecule has 1 aromatic heterocycles. The van der Waals surface area contributed by atoms with E-state index in [4.69, 9.17) is 16.3 Å². The van der Waals surface area contributed by atoms with E-state index >= 15 is 0 Å². The van der Waals surface area contributed by atoms with Crippen LogP contribution >= 0.6 is 27.5 Å². The maximum atomic E-state index is 12.2. The number of aromatic hydroxyl groups is 1. The highest BCUT2D eigenvalue weighted by atomic mass is 79.9. The highest BCUT2D eigenvalue weighted by Gasteiger charge is 2.17. The molecule has 2 rings (SSSR count). The normalized spacial score (nSPS) is 10.8. The SMILES string of the molecule is COc1nc(Cl)cc(O)c1C(=O)/C=C/c1ccc(Br)cc1. The number of aromatic nitrogens is 1. The minimum Gasteiger partial charge on any atom is -0.507 e. The zero-order valence-corrected chi connectivity index (χ0v) is 13.4. The standard InChI is InChI=1S/C15H11BrClNO3/c1-21-15-14(12(20)8-13(17)18-15)11(19)7-4-9-2-5-10(16)6-3-9/h2-8H,1H3,(H,18,20)/b7-4+. The number of hydrogen-bond acceptors (Lipinski definition) is 4. The first-order valence-electron chi connectivity index (χ1n) is 5.92. The van der Waals surface area contributed by atoms with E-state index in [2.05, 4.69) is 20.9 Å². The van der Waals surface area contributed by atoms with E-state index in [0.29, 0.717) is 0 Å². The number of methoxy groups -OCH3 is 1. The molecule has 0 bridgehead atoms. The predicted molar refractivity (Wildman–Crippen MR) is 85.0 cm³/mol. The number of halogens is 2. The lowest BCUT2D eigenvalue weighted by atomic mass is 10.1. The summed E-state index contributed by atoms with van der Waals surface area (Å²) in [5.41, 5.74) is 0.835. The van der Waals surface area contributed by atoms with Crippen LogP contribution < -0.4 is 4.74 Å². The molecule has 1 heterocycles. The van der Waals surface area contributed by atoms with E-state index in [9.17, 15) is 9.90 Å². The number of carbonyl (C=O) groups is 1. The smallest absolute Gasteiger partial charge is 0.229 e. The van der Waals surface area contributed by atoms with Crippen molar-refractivity contribution in [2.75, 3.05) is 7.11 Å². The highest BCUT2D eigenvalue weighted by Crippen LogP contribution is 2.29. The summed E-state index contributed by atoms with van der Waals surface area (Å²) < 4.78 is 5.93. The van der Waals surface area contributed by atoms with Gasteiger partial charge in [0.15, 0.2) is 5.78 Å². The third kappa shape index (κ3) is 3.83. The van der Waals surface area contributed by atoms with Gasteiger partial charge >= 0.3 is 0 Å². The number of pyridine rings is 1. The van der Waals surface area contributed by atoms with Crippen LogP contribution in [0.4, 0.5) is 0 Å². The van der Waals surface area contributed by atoms with Crippen LogP contribution in [0, 0.1) is 0 Å². The van der Waals surface area contributed by atoms with Crippen molar-refractivity contribution >= 4 is 39.4 Å². The van der Waals surface area contributed by atoms with Gasteiger partial charge in [-0.15, -0.1) is 0 Å². The van der Waals surface area contributed by atoms with Gasteiger partial charge in [0.2, 0.25) is 5.88 Å². The largest absolute Gasteiger partial charge is 0.507 e. The zero-order valence-electron chi connectivity index (χ0n) is 11.0. The van der Waals surface area contributed by atoms with Crippen molar-refractivity contribution in [1.29, 1.82) is 0 Å². The van der Waals surface area contributed by atoms with Gasteiger partial charge in [0, 0.05) is 10.5 Å². The molecular formula is C15H11BrClNO3. The average Bonchev–Trinajstić information content (AvgIpc) is 2.45. The molecule has 0 fully saturated rings. The van der Waals surface area contributed by atoms with E-state index in [1.165, 1.54) is 19.3 Å². The predicted octanol–water partition coefficient (Wildman–Crippen LogP) is 4.11. The molecule has 21 heavy (non-hydrogen) atoms. The molecule has 0 aliphatic heterocycles. The van der Waals surface area contributed by atoms with Crippen molar-refractivity contribution in [3.05, 3.63) is 57.2 Å². The Balaban J connectivity index is 2.30. The summed E-state index contributed by atoms with van der Waals surface area (Å²) in [6, 6.07) is 8.64. The quantitative estimate of drug-likeness (QED) is 0.501. The second-order valence-electron chi connectivity index (χ2n) is 4.10. The fourth-order valence-corrected chi connectivity index (χ4v) is 2.13.